The fraction of sp³-hybridized carbons (Fsp3) is 0.167. The lowest BCUT2D eigenvalue weighted by Crippen LogP contribution is -1.97. The summed E-state index contributed by atoms with van der Waals surface area (Å²) in [5.74, 6) is 0.735. The number of halogens is 1. The Balaban J connectivity index is 2.29. The van der Waals surface area contributed by atoms with Gasteiger partial charge in [0.1, 0.15) is 11.9 Å². The van der Waals surface area contributed by atoms with E-state index in [0.717, 1.165) is 16.2 Å². The van der Waals surface area contributed by atoms with Crippen molar-refractivity contribution >= 4 is 22.9 Å². The number of aliphatic hydroxyl groups is 1. The molecule has 1 N–H and O–H groups in total. The Bertz CT molecular complexity index is 481. The Morgan fingerprint density at radius 2 is 2.12 bits per heavy atom. The van der Waals surface area contributed by atoms with Crippen molar-refractivity contribution in [3.63, 3.8) is 0 Å². The van der Waals surface area contributed by atoms with Crippen LogP contribution in [0.15, 0.2) is 36.4 Å². The van der Waals surface area contributed by atoms with Crippen molar-refractivity contribution in [2.24, 2.45) is 0 Å². The molecule has 0 saturated heterocycles. The number of benzene rings is 1. The van der Waals surface area contributed by atoms with Crippen LogP contribution >= 0.6 is 22.9 Å². The minimum atomic E-state index is -0.646. The first kappa shape index (κ1) is 11.5. The van der Waals surface area contributed by atoms with E-state index in [9.17, 15) is 5.11 Å². The predicted molar refractivity (Wildman–Crippen MR) is 66.4 cm³/mol. The summed E-state index contributed by atoms with van der Waals surface area (Å²) in [6.07, 6.45) is -0.646. The molecule has 1 heterocycles. The van der Waals surface area contributed by atoms with Gasteiger partial charge in [-0.05, 0) is 29.8 Å². The van der Waals surface area contributed by atoms with Gasteiger partial charge in [-0.1, -0.05) is 23.7 Å². The van der Waals surface area contributed by atoms with E-state index in [4.69, 9.17) is 16.3 Å². The summed E-state index contributed by atoms with van der Waals surface area (Å²) in [7, 11) is 1.60. The lowest BCUT2D eigenvalue weighted by molar-refractivity contribution is 0.223. The molecule has 1 aromatic heterocycles. The lowest BCUT2D eigenvalue weighted by atomic mass is 10.1. The second kappa shape index (κ2) is 4.87. The molecule has 0 aliphatic rings. The van der Waals surface area contributed by atoms with Crippen molar-refractivity contribution in [1.82, 2.24) is 0 Å². The van der Waals surface area contributed by atoms with E-state index in [1.807, 2.05) is 30.3 Å². The third-order valence-electron chi connectivity index (χ3n) is 2.27. The summed E-state index contributed by atoms with van der Waals surface area (Å²) in [6, 6.07) is 11.0. The number of hydrogen-bond donors (Lipinski definition) is 1. The number of aliphatic hydroxyl groups excluding tert-OH is 1. The lowest BCUT2D eigenvalue weighted by Gasteiger charge is -2.10. The van der Waals surface area contributed by atoms with Crippen LogP contribution in [0, 0.1) is 0 Å². The van der Waals surface area contributed by atoms with E-state index in [1.54, 1.807) is 13.2 Å². The van der Waals surface area contributed by atoms with Gasteiger partial charge in [-0.2, -0.15) is 0 Å². The van der Waals surface area contributed by atoms with Gasteiger partial charge in [0.15, 0.2) is 0 Å². The smallest absolute Gasteiger partial charge is 0.119 e. The second-order valence-electron chi connectivity index (χ2n) is 3.32. The summed E-state index contributed by atoms with van der Waals surface area (Å²) in [5.41, 5.74) is 0.804. The third-order valence-corrected chi connectivity index (χ3v) is 3.56. The maximum Gasteiger partial charge on any atom is 0.119 e. The van der Waals surface area contributed by atoms with Crippen molar-refractivity contribution in [2.75, 3.05) is 7.11 Å². The number of thiophene rings is 1. The normalized spacial score (nSPS) is 12.4. The second-order valence-corrected chi connectivity index (χ2v) is 5.07. The van der Waals surface area contributed by atoms with Crippen molar-refractivity contribution in [3.8, 4) is 5.75 Å². The maximum absolute atomic E-state index is 10.1. The minimum absolute atomic E-state index is 0.646. The molecule has 4 heteroatoms. The Labute approximate surface area is 103 Å². The van der Waals surface area contributed by atoms with Crippen LogP contribution in [-0.4, -0.2) is 12.2 Å². The van der Waals surface area contributed by atoms with E-state index < -0.39 is 6.10 Å². The minimum Gasteiger partial charge on any atom is -0.497 e. The highest BCUT2D eigenvalue weighted by atomic mass is 35.5. The highest BCUT2D eigenvalue weighted by Gasteiger charge is 2.13. The van der Waals surface area contributed by atoms with Crippen molar-refractivity contribution in [2.45, 2.75) is 6.10 Å². The first-order valence-corrected chi connectivity index (χ1v) is 5.97. The van der Waals surface area contributed by atoms with E-state index in [2.05, 4.69) is 0 Å². The zero-order valence-corrected chi connectivity index (χ0v) is 10.3. The zero-order chi connectivity index (χ0) is 11.5. The van der Waals surface area contributed by atoms with Crippen LogP contribution in [0.25, 0.3) is 0 Å². The van der Waals surface area contributed by atoms with Gasteiger partial charge in [0.05, 0.1) is 11.4 Å². The SMILES string of the molecule is COc1cccc(C(O)c2ccc(Cl)s2)c1. The number of hydrogen-bond acceptors (Lipinski definition) is 3. The average molecular weight is 255 g/mol. The van der Waals surface area contributed by atoms with Crippen LogP contribution in [0.3, 0.4) is 0 Å². The zero-order valence-electron chi connectivity index (χ0n) is 8.68. The molecule has 2 nitrogen and oxygen atoms in total. The maximum atomic E-state index is 10.1. The van der Waals surface area contributed by atoms with Crippen LogP contribution in [0.5, 0.6) is 5.75 Å². The van der Waals surface area contributed by atoms with Crippen LogP contribution in [-0.2, 0) is 0 Å². The van der Waals surface area contributed by atoms with Gasteiger partial charge in [-0.3, -0.25) is 0 Å². The molecule has 0 aliphatic carbocycles. The molecule has 1 atom stereocenters. The van der Waals surface area contributed by atoms with E-state index in [-0.39, 0.29) is 0 Å². The molecular weight excluding hydrogens is 244 g/mol. The van der Waals surface area contributed by atoms with Crippen molar-refractivity contribution in [1.29, 1.82) is 0 Å². The van der Waals surface area contributed by atoms with Gasteiger partial charge in [0.25, 0.3) is 0 Å². The largest absolute Gasteiger partial charge is 0.497 e. The number of ether oxygens (including phenoxy) is 1. The molecular formula is C12H11ClO2S. The average Bonchev–Trinajstić information content (AvgIpc) is 2.75. The molecule has 0 spiro atoms. The summed E-state index contributed by atoms with van der Waals surface area (Å²) in [5, 5.41) is 10.1. The molecule has 0 bridgehead atoms. The van der Waals surface area contributed by atoms with Gasteiger partial charge in [0.2, 0.25) is 0 Å². The van der Waals surface area contributed by atoms with Crippen LogP contribution in [0.2, 0.25) is 4.34 Å². The van der Waals surface area contributed by atoms with E-state index >= 15 is 0 Å². The molecule has 84 valence electrons. The molecule has 1 unspecified atom stereocenters. The topological polar surface area (TPSA) is 29.5 Å². The first-order chi connectivity index (χ1) is 7.70. The van der Waals surface area contributed by atoms with Crippen molar-refractivity contribution in [3.05, 3.63) is 51.2 Å². The number of rotatable bonds is 3. The summed E-state index contributed by atoms with van der Waals surface area (Å²) in [4.78, 5) is 0.832. The molecule has 2 rings (SSSR count). The van der Waals surface area contributed by atoms with Crippen LogP contribution in [0.4, 0.5) is 0 Å². The highest BCUT2D eigenvalue weighted by molar-refractivity contribution is 7.16. The molecule has 0 saturated carbocycles. The standard InChI is InChI=1S/C12H11ClO2S/c1-15-9-4-2-3-8(7-9)12(14)10-5-6-11(13)16-10/h2-7,12,14H,1H3. The van der Waals surface area contributed by atoms with Crippen molar-refractivity contribution < 1.29 is 9.84 Å². The third kappa shape index (κ3) is 2.38. The Morgan fingerprint density at radius 3 is 2.75 bits per heavy atom. The molecule has 0 radical (unpaired) electrons. The molecule has 1 aromatic carbocycles. The van der Waals surface area contributed by atoms with Crippen LogP contribution < -0.4 is 4.74 Å². The summed E-state index contributed by atoms with van der Waals surface area (Å²) in [6.45, 7) is 0. The quantitative estimate of drug-likeness (QED) is 0.909. The summed E-state index contributed by atoms with van der Waals surface area (Å²) < 4.78 is 5.79. The molecule has 0 amide bonds. The fourth-order valence-electron chi connectivity index (χ4n) is 1.45. The highest BCUT2D eigenvalue weighted by Crippen LogP contribution is 2.31. The van der Waals surface area contributed by atoms with E-state index in [0.29, 0.717) is 4.34 Å². The van der Waals surface area contributed by atoms with Gasteiger partial charge in [0, 0.05) is 4.88 Å². The Morgan fingerprint density at radius 1 is 1.31 bits per heavy atom. The number of methoxy groups -OCH3 is 1. The monoisotopic (exact) mass is 254 g/mol. The summed E-state index contributed by atoms with van der Waals surface area (Å²) >= 11 is 7.21. The molecule has 0 fully saturated rings. The predicted octanol–water partition coefficient (Wildman–Crippen LogP) is 3.49. The molecule has 2 aromatic rings. The van der Waals surface area contributed by atoms with Crippen LogP contribution in [0.1, 0.15) is 16.5 Å². The van der Waals surface area contributed by atoms with Gasteiger partial charge >= 0.3 is 0 Å². The molecule has 0 aliphatic heterocycles. The van der Waals surface area contributed by atoms with E-state index in [1.165, 1.54) is 11.3 Å². The Hall–Kier alpha value is -1.03. The first-order valence-electron chi connectivity index (χ1n) is 4.78. The van der Waals surface area contributed by atoms with Gasteiger partial charge in [-0.15, -0.1) is 11.3 Å². The van der Waals surface area contributed by atoms with Gasteiger partial charge < -0.3 is 9.84 Å². The fourth-order valence-corrected chi connectivity index (χ4v) is 2.53. The molecule has 16 heavy (non-hydrogen) atoms. The van der Waals surface area contributed by atoms with Gasteiger partial charge in [-0.25, -0.2) is 0 Å². The Kier molecular flexibility index (Phi) is 3.49.